The van der Waals surface area contributed by atoms with Gasteiger partial charge < -0.3 is 24.3 Å². The van der Waals surface area contributed by atoms with E-state index in [0.717, 1.165) is 42.9 Å². The van der Waals surface area contributed by atoms with Crippen molar-refractivity contribution in [3.63, 3.8) is 0 Å². The monoisotopic (exact) mass is 349 g/mol. The highest BCUT2D eigenvalue weighted by molar-refractivity contribution is 5.80. The quantitative estimate of drug-likeness (QED) is 0.855. The van der Waals surface area contributed by atoms with E-state index >= 15 is 0 Å². The van der Waals surface area contributed by atoms with E-state index in [0.29, 0.717) is 19.8 Å². The van der Waals surface area contributed by atoms with E-state index in [1.54, 1.807) is 6.92 Å². The number of carbonyl (C=O) groups is 1. The van der Waals surface area contributed by atoms with E-state index in [-0.39, 0.29) is 18.1 Å². The maximum absolute atomic E-state index is 12.4. The summed E-state index contributed by atoms with van der Waals surface area (Å²) in [5, 5.41) is 2.99. The van der Waals surface area contributed by atoms with Gasteiger partial charge in [-0.2, -0.15) is 0 Å². The van der Waals surface area contributed by atoms with Gasteiger partial charge in [-0.1, -0.05) is 6.07 Å². The second kappa shape index (κ2) is 8.54. The number of amides is 1. The molecular formula is C19H27NO5. The van der Waals surface area contributed by atoms with Gasteiger partial charge in [0.15, 0.2) is 11.5 Å². The Balaban J connectivity index is 1.49. The predicted octanol–water partition coefficient (Wildman–Crippen LogP) is 2.61. The van der Waals surface area contributed by atoms with Gasteiger partial charge in [-0.3, -0.25) is 4.79 Å². The Labute approximate surface area is 148 Å². The first kappa shape index (κ1) is 18.0. The van der Waals surface area contributed by atoms with Gasteiger partial charge in [0.25, 0.3) is 0 Å². The third-order valence-corrected chi connectivity index (χ3v) is 4.60. The van der Waals surface area contributed by atoms with Crippen LogP contribution in [0.2, 0.25) is 0 Å². The van der Waals surface area contributed by atoms with Crippen molar-refractivity contribution in [1.29, 1.82) is 0 Å². The molecule has 1 N–H and O–H groups in total. The fourth-order valence-corrected chi connectivity index (χ4v) is 3.01. The standard InChI is InChI=1S/C19H27NO5/c1-13(15-6-7-17-18(11-15)24-10-9-23-17)20-19(21)14(2)25-12-16-5-3-4-8-22-16/h6-7,11,13-14,16H,3-5,8-10,12H2,1-2H3,(H,20,21)/t13-,14-,16-/m0/s1. The molecule has 2 aliphatic heterocycles. The Morgan fingerprint density at radius 1 is 1.20 bits per heavy atom. The van der Waals surface area contributed by atoms with E-state index in [4.69, 9.17) is 18.9 Å². The molecule has 6 heteroatoms. The molecule has 0 spiro atoms. The van der Waals surface area contributed by atoms with Crippen LogP contribution < -0.4 is 14.8 Å². The van der Waals surface area contributed by atoms with Crippen LogP contribution in [0.4, 0.5) is 0 Å². The molecule has 1 fully saturated rings. The topological polar surface area (TPSA) is 66.0 Å². The second-order valence-corrected chi connectivity index (χ2v) is 6.60. The molecule has 0 radical (unpaired) electrons. The van der Waals surface area contributed by atoms with Crippen LogP contribution in [0.15, 0.2) is 18.2 Å². The third-order valence-electron chi connectivity index (χ3n) is 4.60. The number of benzene rings is 1. The minimum atomic E-state index is -0.509. The average molecular weight is 349 g/mol. The van der Waals surface area contributed by atoms with Crippen molar-refractivity contribution in [2.45, 2.75) is 51.4 Å². The fraction of sp³-hybridized carbons (Fsp3) is 0.632. The van der Waals surface area contributed by atoms with Crippen molar-refractivity contribution >= 4 is 5.91 Å². The molecule has 1 saturated heterocycles. The van der Waals surface area contributed by atoms with Crippen LogP contribution in [0.5, 0.6) is 11.5 Å². The average Bonchev–Trinajstić information content (AvgIpc) is 2.66. The number of nitrogens with one attached hydrogen (secondary N) is 1. The summed E-state index contributed by atoms with van der Waals surface area (Å²) in [5.41, 5.74) is 0.973. The van der Waals surface area contributed by atoms with Gasteiger partial charge in [-0.15, -0.1) is 0 Å². The van der Waals surface area contributed by atoms with E-state index < -0.39 is 6.10 Å². The van der Waals surface area contributed by atoms with E-state index in [1.165, 1.54) is 0 Å². The highest BCUT2D eigenvalue weighted by Crippen LogP contribution is 2.32. The summed E-state index contributed by atoms with van der Waals surface area (Å²) >= 11 is 0. The number of hydrogen-bond donors (Lipinski definition) is 1. The highest BCUT2D eigenvalue weighted by Gasteiger charge is 2.21. The molecule has 0 bridgehead atoms. The molecule has 3 rings (SSSR count). The first-order valence-electron chi connectivity index (χ1n) is 9.06. The van der Waals surface area contributed by atoms with Crippen molar-refractivity contribution in [3.05, 3.63) is 23.8 Å². The lowest BCUT2D eigenvalue weighted by molar-refractivity contribution is -0.136. The Bertz CT molecular complexity index is 585. The van der Waals surface area contributed by atoms with E-state index in [9.17, 15) is 4.79 Å². The van der Waals surface area contributed by atoms with Crippen LogP contribution in [-0.2, 0) is 14.3 Å². The first-order chi connectivity index (χ1) is 12.1. The lowest BCUT2D eigenvalue weighted by Gasteiger charge is -2.25. The summed E-state index contributed by atoms with van der Waals surface area (Å²) in [6.45, 7) is 6.08. The Morgan fingerprint density at radius 3 is 2.76 bits per heavy atom. The van der Waals surface area contributed by atoms with E-state index in [2.05, 4.69) is 5.32 Å². The zero-order valence-electron chi connectivity index (χ0n) is 15.0. The minimum absolute atomic E-state index is 0.110. The lowest BCUT2D eigenvalue weighted by Crippen LogP contribution is -2.38. The molecule has 0 unspecified atom stereocenters. The number of carbonyl (C=O) groups excluding carboxylic acids is 1. The summed E-state index contributed by atoms with van der Waals surface area (Å²) in [6.07, 6.45) is 2.88. The van der Waals surface area contributed by atoms with Crippen molar-refractivity contribution in [1.82, 2.24) is 5.32 Å². The van der Waals surface area contributed by atoms with Crippen LogP contribution in [0, 0.1) is 0 Å². The van der Waals surface area contributed by atoms with Crippen molar-refractivity contribution < 1.29 is 23.7 Å². The molecule has 2 aliphatic rings. The zero-order valence-corrected chi connectivity index (χ0v) is 15.0. The molecule has 1 aromatic rings. The smallest absolute Gasteiger partial charge is 0.249 e. The summed E-state index contributed by atoms with van der Waals surface area (Å²) < 4.78 is 22.4. The summed E-state index contributed by atoms with van der Waals surface area (Å²) in [5.74, 6) is 1.35. The lowest BCUT2D eigenvalue weighted by atomic mass is 10.1. The number of ether oxygens (including phenoxy) is 4. The minimum Gasteiger partial charge on any atom is -0.486 e. The van der Waals surface area contributed by atoms with Crippen LogP contribution in [0.1, 0.15) is 44.7 Å². The molecule has 2 heterocycles. The summed E-state index contributed by atoms with van der Waals surface area (Å²) in [4.78, 5) is 12.4. The number of rotatable bonds is 6. The fourth-order valence-electron chi connectivity index (χ4n) is 3.01. The van der Waals surface area contributed by atoms with Crippen molar-refractivity contribution in [3.8, 4) is 11.5 Å². The van der Waals surface area contributed by atoms with Gasteiger partial charge in [0.2, 0.25) is 5.91 Å². The van der Waals surface area contributed by atoms with E-state index in [1.807, 2.05) is 25.1 Å². The SMILES string of the molecule is C[C@H](OC[C@@H]1CCCCO1)C(=O)N[C@@H](C)c1ccc2c(c1)OCCO2. The summed E-state index contributed by atoms with van der Waals surface area (Å²) in [7, 11) is 0. The van der Waals surface area contributed by atoms with Crippen LogP contribution in [0.25, 0.3) is 0 Å². The van der Waals surface area contributed by atoms with Crippen LogP contribution in [0.3, 0.4) is 0 Å². The molecule has 1 aromatic carbocycles. The number of hydrogen-bond acceptors (Lipinski definition) is 5. The Kier molecular flexibility index (Phi) is 6.15. The predicted molar refractivity (Wildman–Crippen MR) is 93.0 cm³/mol. The van der Waals surface area contributed by atoms with Crippen molar-refractivity contribution in [2.75, 3.05) is 26.4 Å². The van der Waals surface area contributed by atoms with Gasteiger partial charge in [0, 0.05) is 6.61 Å². The largest absolute Gasteiger partial charge is 0.486 e. The van der Waals surface area contributed by atoms with Gasteiger partial charge in [0.1, 0.15) is 19.3 Å². The maximum Gasteiger partial charge on any atom is 0.249 e. The Morgan fingerprint density at radius 2 is 2.00 bits per heavy atom. The molecule has 6 nitrogen and oxygen atoms in total. The normalized spacial score (nSPS) is 22.1. The second-order valence-electron chi connectivity index (χ2n) is 6.60. The molecule has 1 amide bonds. The van der Waals surface area contributed by atoms with Gasteiger partial charge >= 0.3 is 0 Å². The number of fused-ring (bicyclic) bond motifs is 1. The third kappa shape index (κ3) is 4.86. The molecule has 0 saturated carbocycles. The maximum atomic E-state index is 12.4. The first-order valence-corrected chi connectivity index (χ1v) is 9.06. The molecular weight excluding hydrogens is 322 g/mol. The van der Waals surface area contributed by atoms with Gasteiger partial charge in [-0.05, 0) is 50.8 Å². The highest BCUT2D eigenvalue weighted by atomic mass is 16.6. The molecule has 0 aliphatic carbocycles. The molecule has 3 atom stereocenters. The molecule has 0 aromatic heterocycles. The Hall–Kier alpha value is -1.79. The molecule has 138 valence electrons. The van der Waals surface area contributed by atoms with Gasteiger partial charge in [-0.25, -0.2) is 0 Å². The molecule has 25 heavy (non-hydrogen) atoms. The zero-order chi connectivity index (χ0) is 17.6. The summed E-state index contributed by atoms with van der Waals surface area (Å²) in [6, 6.07) is 5.60. The van der Waals surface area contributed by atoms with Crippen LogP contribution in [-0.4, -0.2) is 44.5 Å². The van der Waals surface area contributed by atoms with Gasteiger partial charge in [0.05, 0.1) is 18.8 Å². The van der Waals surface area contributed by atoms with Crippen molar-refractivity contribution in [2.24, 2.45) is 0 Å². The van der Waals surface area contributed by atoms with Crippen LogP contribution >= 0.6 is 0 Å².